The van der Waals surface area contributed by atoms with Gasteiger partial charge in [-0.05, 0) is 6.42 Å². The zero-order valence-corrected chi connectivity index (χ0v) is 27.7. The Bertz CT molecular complexity index is 2050. The lowest BCUT2D eigenvalue weighted by Crippen LogP contribution is -2.63. The number of hydrogen-bond acceptors (Lipinski definition) is 12. The second kappa shape index (κ2) is 13.6. The molecule has 1 aromatic heterocycles. The van der Waals surface area contributed by atoms with Crippen LogP contribution in [0.15, 0.2) is 108 Å². The number of alkyl halides is 3. The molecule has 1 amide bonds. The molecular formula is C33H26F3N5O8S2. The van der Waals surface area contributed by atoms with Crippen molar-refractivity contribution in [3.63, 3.8) is 0 Å². The number of carboxylic acid groups (broad SMARTS) is 1. The van der Waals surface area contributed by atoms with Crippen molar-refractivity contribution in [2.24, 2.45) is 11.1 Å². The van der Waals surface area contributed by atoms with E-state index in [9.17, 15) is 41.1 Å². The molecule has 264 valence electrons. The van der Waals surface area contributed by atoms with Crippen LogP contribution in [0.2, 0.25) is 0 Å². The highest BCUT2D eigenvalue weighted by Gasteiger charge is 2.56. The average molecular weight is 742 g/mol. The summed E-state index contributed by atoms with van der Waals surface area (Å²) in [5.41, 5.74) is -0.928. The number of hydrogen-bond donors (Lipinski definition) is 2. The minimum absolute atomic E-state index is 0.00157. The highest BCUT2D eigenvalue weighted by molar-refractivity contribution is 7.87. The molecule has 2 atom stereocenters. The fraction of sp³-hybridized carbons (Fsp3) is 0.212. The van der Waals surface area contributed by atoms with Gasteiger partial charge >= 0.3 is 21.6 Å². The van der Waals surface area contributed by atoms with E-state index in [1.807, 2.05) is 91.0 Å². The number of oxime groups is 1. The van der Waals surface area contributed by atoms with Gasteiger partial charge < -0.3 is 19.9 Å². The predicted molar refractivity (Wildman–Crippen MR) is 175 cm³/mol. The number of ketones is 1. The molecule has 3 N–H and O–H groups in total. The lowest BCUT2D eigenvalue weighted by molar-refractivity contribution is -0.160. The second-order valence-corrected chi connectivity index (χ2v) is 13.7. The van der Waals surface area contributed by atoms with E-state index < -0.39 is 80.9 Å². The third-order valence-corrected chi connectivity index (χ3v) is 9.89. The zero-order chi connectivity index (χ0) is 36.6. The minimum atomic E-state index is -6.22. The normalized spacial score (nSPS) is 18.1. The van der Waals surface area contributed by atoms with Crippen molar-refractivity contribution >= 4 is 50.2 Å². The Hall–Kier alpha value is -5.62. The monoisotopic (exact) mass is 741 g/mol. The molecule has 1 saturated heterocycles. The molecule has 4 aromatic rings. The number of aliphatic carboxylic acids is 1. The van der Waals surface area contributed by atoms with Crippen LogP contribution in [0.25, 0.3) is 0 Å². The van der Waals surface area contributed by atoms with Gasteiger partial charge in [-0.25, -0.2) is 4.79 Å². The van der Waals surface area contributed by atoms with Crippen LogP contribution in [-0.2, 0) is 39.1 Å². The lowest BCUT2D eigenvalue weighted by atomic mass is 9.77. The van der Waals surface area contributed by atoms with Crippen molar-refractivity contribution in [3.8, 4) is 0 Å². The molecule has 13 nitrogen and oxygen atoms in total. The molecule has 6 rings (SSSR count). The van der Waals surface area contributed by atoms with Crippen LogP contribution in [0.5, 0.6) is 0 Å². The molecule has 3 heterocycles. The van der Waals surface area contributed by atoms with Crippen LogP contribution in [0, 0.1) is 5.92 Å². The molecule has 0 unspecified atom stereocenters. The third kappa shape index (κ3) is 6.54. The van der Waals surface area contributed by atoms with E-state index in [1.165, 1.54) is 0 Å². The summed E-state index contributed by atoms with van der Waals surface area (Å²) in [5.74, 6) is -6.02. The summed E-state index contributed by atoms with van der Waals surface area (Å²) in [4.78, 5) is 50.6. The summed E-state index contributed by atoms with van der Waals surface area (Å²) < 4.78 is 70.5. The number of anilines is 1. The Morgan fingerprint density at radius 2 is 1.49 bits per heavy atom. The number of nitrogens with zero attached hydrogens (tertiary/aromatic N) is 4. The molecule has 18 heteroatoms. The van der Waals surface area contributed by atoms with Gasteiger partial charge in [0.1, 0.15) is 0 Å². The van der Waals surface area contributed by atoms with E-state index in [4.69, 9.17) is 10.6 Å². The molecular weight excluding hydrogens is 716 g/mol. The first-order valence-electron chi connectivity index (χ1n) is 15.1. The number of amides is 1. The molecule has 3 aromatic carbocycles. The van der Waals surface area contributed by atoms with Crippen molar-refractivity contribution in [2.45, 2.75) is 36.4 Å². The van der Waals surface area contributed by atoms with Crippen LogP contribution in [0.3, 0.4) is 0 Å². The van der Waals surface area contributed by atoms with Crippen molar-refractivity contribution < 1.29 is 50.1 Å². The number of carbonyl (C=O) groups excluding carboxylic acids is 2. The summed E-state index contributed by atoms with van der Waals surface area (Å²) in [7, 11) is -6.22. The fourth-order valence-corrected chi connectivity index (χ4v) is 7.04. The molecule has 1 fully saturated rings. The predicted octanol–water partition coefficient (Wildman–Crippen LogP) is 4.58. The van der Waals surface area contributed by atoms with Gasteiger partial charge in [-0.15, -0.1) is 0 Å². The Kier molecular flexibility index (Phi) is 9.39. The summed E-state index contributed by atoms with van der Waals surface area (Å²) in [6.07, 6.45) is -1.33. The summed E-state index contributed by atoms with van der Waals surface area (Å²) in [5, 5.41) is 14.1. The Morgan fingerprint density at radius 3 is 1.94 bits per heavy atom. The van der Waals surface area contributed by atoms with Gasteiger partial charge in [0, 0.05) is 47.1 Å². The number of aromatic nitrogens is 2. The van der Waals surface area contributed by atoms with E-state index in [0.29, 0.717) is 21.6 Å². The van der Waals surface area contributed by atoms with Gasteiger partial charge in [-0.3, -0.25) is 14.5 Å². The number of carbonyl (C=O) groups is 3. The minimum Gasteiger partial charge on any atom is -0.476 e. The maximum absolute atomic E-state index is 14.0. The van der Waals surface area contributed by atoms with Crippen molar-refractivity contribution in [1.29, 1.82) is 0 Å². The number of Topliss-reactive ketones (excluding diaryl/α,β-unsaturated/α-hetero) is 1. The highest BCUT2D eigenvalue weighted by atomic mass is 32.2. The molecule has 0 aliphatic carbocycles. The SMILES string of the molecule is Nc1nc(/C(=N/OC(c2ccccc2)(c2ccccc2)c2ccccc2)C(=O)C[C@@H]2C(=O)N3C(C(=O)O)=C(OS(=O)(=O)C(F)(F)F)CC[C@H]23)ns1. The first-order valence-corrected chi connectivity index (χ1v) is 17.3. The average Bonchev–Trinajstić information content (AvgIpc) is 3.54. The first-order chi connectivity index (χ1) is 24.2. The van der Waals surface area contributed by atoms with Crippen molar-refractivity contribution in [2.75, 3.05) is 5.73 Å². The number of β-lactam (4-membered cyclic amide) rings is 1. The quantitative estimate of drug-likeness (QED) is 0.0516. The molecule has 2 aliphatic heterocycles. The number of nitrogen functional groups attached to an aromatic ring is 1. The van der Waals surface area contributed by atoms with Gasteiger partial charge in [0.25, 0.3) is 0 Å². The molecule has 0 saturated carbocycles. The Labute approximate surface area is 292 Å². The molecule has 0 bridgehead atoms. The van der Waals surface area contributed by atoms with E-state index in [1.54, 1.807) is 0 Å². The maximum Gasteiger partial charge on any atom is 0.534 e. The highest BCUT2D eigenvalue weighted by Crippen LogP contribution is 2.44. The summed E-state index contributed by atoms with van der Waals surface area (Å²) in [6.45, 7) is 0. The molecule has 0 radical (unpaired) electrons. The maximum atomic E-state index is 14.0. The number of fused-ring (bicyclic) bond motifs is 1. The third-order valence-electron chi connectivity index (χ3n) is 8.36. The van der Waals surface area contributed by atoms with E-state index in [-0.39, 0.29) is 17.4 Å². The summed E-state index contributed by atoms with van der Waals surface area (Å²) in [6, 6.07) is 26.3. The lowest BCUT2D eigenvalue weighted by Gasteiger charge is -2.49. The van der Waals surface area contributed by atoms with Crippen LogP contribution < -0.4 is 5.73 Å². The van der Waals surface area contributed by atoms with Crippen LogP contribution in [0.1, 0.15) is 41.8 Å². The van der Waals surface area contributed by atoms with Crippen LogP contribution in [0.4, 0.5) is 18.3 Å². The largest absolute Gasteiger partial charge is 0.534 e. The van der Waals surface area contributed by atoms with Crippen molar-refractivity contribution in [1.82, 2.24) is 14.3 Å². The second-order valence-electron chi connectivity index (χ2n) is 11.4. The van der Waals surface area contributed by atoms with E-state index in [2.05, 4.69) is 18.7 Å². The molecule has 51 heavy (non-hydrogen) atoms. The number of carboxylic acids is 1. The Morgan fingerprint density at radius 1 is 0.961 bits per heavy atom. The van der Waals surface area contributed by atoms with Gasteiger partial charge in [0.05, 0.1) is 5.92 Å². The number of rotatable bonds is 12. The van der Waals surface area contributed by atoms with Gasteiger partial charge in [0.2, 0.25) is 17.3 Å². The number of halogens is 3. The van der Waals surface area contributed by atoms with Crippen LogP contribution >= 0.6 is 11.5 Å². The van der Waals surface area contributed by atoms with Gasteiger partial charge in [0.15, 0.2) is 28.1 Å². The number of benzene rings is 3. The van der Waals surface area contributed by atoms with Crippen molar-refractivity contribution in [3.05, 3.63) is 125 Å². The molecule has 2 aliphatic rings. The molecule has 0 spiro atoms. The zero-order valence-electron chi connectivity index (χ0n) is 26.1. The standard InChI is InChI=1S/C33H26F3N5O8S2/c34-33(35,36)51(46,47)48-25-17-16-23-22(29(43)41(23)27(25)30(44)45)18-24(42)26(28-38-31(37)50-40-28)39-49-32(19-10-4-1-5-11-19,20-12-6-2-7-13-20)21-14-8-3-9-15-21/h1-15,22-23H,16-18H2,(H,44,45)(H2,37,38,40)/b39-26+/t22-,23+/m0/s1. The van der Waals surface area contributed by atoms with E-state index in [0.717, 1.165) is 11.5 Å². The van der Waals surface area contributed by atoms with Gasteiger partial charge in [-0.1, -0.05) is 96.2 Å². The Balaban J connectivity index is 1.36. The number of allylic oxidation sites excluding steroid dienone is 1. The van der Waals surface area contributed by atoms with E-state index >= 15 is 0 Å². The van der Waals surface area contributed by atoms with Gasteiger partial charge in [-0.2, -0.15) is 30.9 Å². The smallest absolute Gasteiger partial charge is 0.476 e. The topological polar surface area (TPSA) is 191 Å². The summed E-state index contributed by atoms with van der Waals surface area (Å²) >= 11 is 0.778. The fourth-order valence-electron chi connectivity index (χ4n) is 6.08. The van der Waals surface area contributed by atoms with Crippen LogP contribution in [-0.4, -0.2) is 62.7 Å². The number of nitrogens with two attached hydrogens (primary N) is 1. The first kappa shape index (κ1) is 35.2.